The van der Waals surface area contributed by atoms with E-state index in [9.17, 15) is 4.79 Å². The van der Waals surface area contributed by atoms with Crippen molar-refractivity contribution in [3.8, 4) is 11.5 Å². The van der Waals surface area contributed by atoms with E-state index in [0.717, 1.165) is 22.0 Å². The number of nitrogens with zero attached hydrogens (tertiary/aromatic N) is 3. The molecule has 0 radical (unpaired) electrons. The summed E-state index contributed by atoms with van der Waals surface area (Å²) in [6.07, 6.45) is 3.00. The van der Waals surface area contributed by atoms with E-state index in [1.807, 2.05) is 31.2 Å². The molecule has 0 aliphatic carbocycles. The maximum Gasteiger partial charge on any atom is 0.298 e. The van der Waals surface area contributed by atoms with Gasteiger partial charge in [0.05, 0.1) is 20.4 Å². The van der Waals surface area contributed by atoms with Crippen molar-refractivity contribution in [2.24, 2.45) is 5.10 Å². The van der Waals surface area contributed by atoms with Crippen LogP contribution in [0.2, 0.25) is 0 Å². The number of ether oxygens (including phenoxy) is 2. The zero-order valence-electron chi connectivity index (χ0n) is 15.2. The molecular formula is C20H18N4O3. The van der Waals surface area contributed by atoms with Crippen LogP contribution in [-0.4, -0.2) is 35.1 Å². The lowest BCUT2D eigenvalue weighted by molar-refractivity contribution is 0.355. The van der Waals surface area contributed by atoms with Crippen LogP contribution in [0.15, 0.2) is 52.6 Å². The van der Waals surface area contributed by atoms with E-state index in [-0.39, 0.29) is 5.56 Å². The number of nitrogens with one attached hydrogen (secondary N) is 1. The average Bonchev–Trinajstić information content (AvgIpc) is 3.06. The highest BCUT2D eigenvalue weighted by Crippen LogP contribution is 2.27. The van der Waals surface area contributed by atoms with Crippen molar-refractivity contribution in [3.05, 3.63) is 64.2 Å². The van der Waals surface area contributed by atoms with E-state index >= 15 is 0 Å². The number of aryl methyl sites for hydroxylation is 1. The summed E-state index contributed by atoms with van der Waals surface area (Å²) < 4.78 is 11.7. The third kappa shape index (κ3) is 2.93. The molecule has 1 N–H and O–H groups in total. The maximum absolute atomic E-state index is 12.8. The predicted molar refractivity (Wildman–Crippen MR) is 105 cm³/mol. The Bertz CT molecular complexity index is 1240. The Morgan fingerprint density at radius 3 is 2.70 bits per heavy atom. The van der Waals surface area contributed by atoms with Crippen LogP contribution in [0.25, 0.3) is 21.9 Å². The molecule has 2 aromatic heterocycles. The van der Waals surface area contributed by atoms with E-state index in [0.29, 0.717) is 22.5 Å². The quantitative estimate of drug-likeness (QED) is 0.566. The van der Waals surface area contributed by atoms with E-state index < -0.39 is 0 Å². The number of aromatic nitrogens is 3. The molecule has 2 aromatic carbocycles. The Labute approximate surface area is 154 Å². The highest BCUT2D eigenvalue weighted by molar-refractivity contribution is 6.04. The van der Waals surface area contributed by atoms with E-state index in [1.54, 1.807) is 32.6 Å². The summed E-state index contributed by atoms with van der Waals surface area (Å²) in [6.45, 7) is 2.01. The predicted octanol–water partition coefficient (Wildman–Crippen LogP) is 3.09. The van der Waals surface area contributed by atoms with Crippen molar-refractivity contribution in [1.29, 1.82) is 0 Å². The van der Waals surface area contributed by atoms with Gasteiger partial charge in [-0.15, -0.1) is 0 Å². The SMILES string of the molecule is COc1ccc(/C=N/n2cnc3c([nH]c4ccc(C)cc43)c2=O)cc1OC. The van der Waals surface area contributed by atoms with Crippen molar-refractivity contribution in [2.45, 2.75) is 6.92 Å². The Kier molecular flexibility index (Phi) is 4.12. The van der Waals surface area contributed by atoms with Gasteiger partial charge < -0.3 is 14.5 Å². The third-order valence-corrected chi connectivity index (χ3v) is 4.38. The minimum absolute atomic E-state index is 0.259. The molecule has 7 heteroatoms. The lowest BCUT2D eigenvalue weighted by Crippen LogP contribution is -2.17. The van der Waals surface area contributed by atoms with Crippen molar-refractivity contribution in [2.75, 3.05) is 14.2 Å². The number of hydrogen-bond donors (Lipinski definition) is 1. The summed E-state index contributed by atoms with van der Waals surface area (Å²) in [6, 6.07) is 11.3. The summed E-state index contributed by atoms with van der Waals surface area (Å²) in [5.74, 6) is 1.22. The van der Waals surface area contributed by atoms with Crippen molar-refractivity contribution < 1.29 is 9.47 Å². The Morgan fingerprint density at radius 1 is 1.11 bits per heavy atom. The smallest absolute Gasteiger partial charge is 0.298 e. The standard InChI is InChI=1S/C20H18N4O3/c1-12-4-6-15-14(8-12)18-19(23-15)20(25)24(11-21-18)22-10-13-5-7-16(26-2)17(9-13)27-3/h4-11,23H,1-3H3/b22-10+. The lowest BCUT2D eigenvalue weighted by atomic mass is 10.2. The zero-order chi connectivity index (χ0) is 19.0. The van der Waals surface area contributed by atoms with E-state index in [2.05, 4.69) is 15.1 Å². The highest BCUT2D eigenvalue weighted by atomic mass is 16.5. The van der Waals surface area contributed by atoms with Gasteiger partial charge in [0, 0.05) is 10.9 Å². The summed E-state index contributed by atoms with van der Waals surface area (Å²) >= 11 is 0. The zero-order valence-corrected chi connectivity index (χ0v) is 15.2. The fraction of sp³-hybridized carbons (Fsp3) is 0.150. The summed E-state index contributed by atoms with van der Waals surface area (Å²) in [5, 5.41) is 5.17. The first-order valence-electron chi connectivity index (χ1n) is 8.37. The van der Waals surface area contributed by atoms with Crippen LogP contribution in [0.5, 0.6) is 11.5 Å². The van der Waals surface area contributed by atoms with Gasteiger partial charge in [0.15, 0.2) is 11.5 Å². The van der Waals surface area contributed by atoms with Crippen molar-refractivity contribution in [1.82, 2.24) is 14.6 Å². The third-order valence-electron chi connectivity index (χ3n) is 4.38. The molecule has 4 aromatic rings. The lowest BCUT2D eigenvalue weighted by Gasteiger charge is -2.07. The Morgan fingerprint density at radius 2 is 1.93 bits per heavy atom. The number of rotatable bonds is 4. The maximum atomic E-state index is 12.8. The molecule has 27 heavy (non-hydrogen) atoms. The van der Waals surface area contributed by atoms with Gasteiger partial charge in [-0.05, 0) is 42.8 Å². The minimum atomic E-state index is -0.259. The summed E-state index contributed by atoms with van der Waals surface area (Å²) in [4.78, 5) is 20.3. The molecule has 136 valence electrons. The van der Waals surface area contributed by atoms with Crippen LogP contribution in [0.4, 0.5) is 0 Å². The monoisotopic (exact) mass is 362 g/mol. The van der Waals surface area contributed by atoms with Crippen molar-refractivity contribution >= 4 is 28.2 Å². The molecule has 0 aliphatic heterocycles. The van der Waals surface area contributed by atoms with Crippen LogP contribution in [0.1, 0.15) is 11.1 Å². The first kappa shape index (κ1) is 16.8. The second-order valence-electron chi connectivity index (χ2n) is 6.15. The molecule has 4 rings (SSSR count). The van der Waals surface area contributed by atoms with Crippen molar-refractivity contribution in [3.63, 3.8) is 0 Å². The normalized spacial score (nSPS) is 11.5. The average molecular weight is 362 g/mol. The molecule has 0 spiro atoms. The van der Waals surface area contributed by atoms with Gasteiger partial charge in [0.2, 0.25) is 0 Å². The molecule has 0 unspecified atom stereocenters. The number of methoxy groups -OCH3 is 2. The fourth-order valence-corrected chi connectivity index (χ4v) is 3.00. The molecule has 0 saturated carbocycles. The number of hydrogen-bond acceptors (Lipinski definition) is 5. The van der Waals surface area contributed by atoms with Gasteiger partial charge in [-0.1, -0.05) is 11.6 Å². The molecule has 0 saturated heterocycles. The van der Waals surface area contributed by atoms with Gasteiger partial charge in [-0.25, -0.2) is 4.98 Å². The van der Waals surface area contributed by atoms with Gasteiger partial charge >= 0.3 is 0 Å². The van der Waals surface area contributed by atoms with Crippen LogP contribution >= 0.6 is 0 Å². The molecule has 7 nitrogen and oxygen atoms in total. The first-order valence-corrected chi connectivity index (χ1v) is 8.37. The summed E-state index contributed by atoms with van der Waals surface area (Å²) in [7, 11) is 3.15. The van der Waals surface area contributed by atoms with E-state index in [1.165, 1.54) is 11.0 Å². The number of benzene rings is 2. The van der Waals surface area contributed by atoms with Crippen LogP contribution in [0, 0.1) is 6.92 Å². The first-order chi connectivity index (χ1) is 13.1. The van der Waals surface area contributed by atoms with Crippen LogP contribution in [-0.2, 0) is 0 Å². The molecule has 0 atom stereocenters. The number of aromatic amines is 1. The molecule has 2 heterocycles. The highest BCUT2D eigenvalue weighted by Gasteiger charge is 2.10. The largest absolute Gasteiger partial charge is 0.493 e. The van der Waals surface area contributed by atoms with Gasteiger partial charge in [0.25, 0.3) is 5.56 Å². The van der Waals surface area contributed by atoms with Crippen LogP contribution < -0.4 is 15.0 Å². The summed E-state index contributed by atoms with van der Waals surface area (Å²) in [5.41, 5.74) is 3.58. The van der Waals surface area contributed by atoms with Gasteiger partial charge in [-0.3, -0.25) is 4.79 Å². The molecule has 0 bridgehead atoms. The molecule has 0 aliphatic rings. The Hall–Kier alpha value is -3.61. The van der Waals surface area contributed by atoms with Crippen LogP contribution in [0.3, 0.4) is 0 Å². The van der Waals surface area contributed by atoms with Gasteiger partial charge in [0.1, 0.15) is 17.4 Å². The molecule has 0 amide bonds. The minimum Gasteiger partial charge on any atom is -0.493 e. The molecule has 0 fully saturated rings. The van der Waals surface area contributed by atoms with E-state index in [4.69, 9.17) is 9.47 Å². The number of fused-ring (bicyclic) bond motifs is 3. The second kappa shape index (κ2) is 6.60. The topological polar surface area (TPSA) is 81.5 Å². The fourth-order valence-electron chi connectivity index (χ4n) is 3.00. The molecular weight excluding hydrogens is 344 g/mol. The number of H-pyrrole nitrogens is 1. The Balaban J connectivity index is 1.76. The second-order valence-corrected chi connectivity index (χ2v) is 6.15. The van der Waals surface area contributed by atoms with Gasteiger partial charge in [-0.2, -0.15) is 9.78 Å².